The Hall–Kier alpha value is -2.17. The molecule has 1 aromatic heterocycles. The molecule has 1 aromatic rings. The molecule has 30 heavy (non-hydrogen) atoms. The van der Waals surface area contributed by atoms with E-state index in [9.17, 15) is 22.4 Å². The Balaban J connectivity index is 0. The van der Waals surface area contributed by atoms with Gasteiger partial charge in [0, 0.05) is 28.6 Å². The molecule has 176 valence electrons. The zero-order valence-electron chi connectivity index (χ0n) is 17.5. The number of carbonyl (C=O) groups is 1. The summed E-state index contributed by atoms with van der Waals surface area (Å²) in [4.78, 5) is 22.7. The summed E-state index contributed by atoms with van der Waals surface area (Å²) in [5, 5.41) is 8.11. The molecule has 0 aromatic carbocycles. The lowest BCUT2D eigenvalue weighted by Gasteiger charge is -2.33. The molecular formula is C19H36F4N6O. The molecule has 1 fully saturated rings. The normalized spacial score (nSPS) is 22.1. The second-order valence-electron chi connectivity index (χ2n) is 7.93. The molecule has 1 aliphatic rings. The van der Waals surface area contributed by atoms with E-state index < -0.39 is 36.8 Å². The van der Waals surface area contributed by atoms with Crippen molar-refractivity contribution in [3.05, 3.63) is 11.8 Å². The fourth-order valence-corrected chi connectivity index (χ4v) is 3.41. The third kappa shape index (κ3) is 7.92. The number of aryl methyl sites for hydroxylation is 1. The van der Waals surface area contributed by atoms with E-state index in [1.807, 2.05) is 14.1 Å². The van der Waals surface area contributed by atoms with Crippen LogP contribution in [0.25, 0.3) is 0 Å². The Morgan fingerprint density at radius 2 is 2.00 bits per heavy atom. The van der Waals surface area contributed by atoms with Crippen molar-refractivity contribution < 1.29 is 26.6 Å². The smallest absolute Gasteiger partial charge is 0.370 e. The fraction of sp³-hybridized carbons (Fsp3) is 0.737. The van der Waals surface area contributed by atoms with Crippen LogP contribution in [0.4, 0.5) is 34.1 Å². The molecule has 3 N–H and O–H groups in total. The molecule has 1 heterocycles. The number of hydrogen-bond donors (Lipinski definition) is 3. The van der Waals surface area contributed by atoms with E-state index in [2.05, 4.69) is 30.8 Å². The Bertz CT molecular complexity index is 715. The van der Waals surface area contributed by atoms with Gasteiger partial charge in [0.05, 0.1) is 5.92 Å². The van der Waals surface area contributed by atoms with Gasteiger partial charge in [-0.15, -0.1) is 0 Å². The van der Waals surface area contributed by atoms with Crippen LogP contribution in [0.5, 0.6) is 0 Å². The van der Waals surface area contributed by atoms with Gasteiger partial charge >= 0.3 is 12.2 Å². The third-order valence-electron chi connectivity index (χ3n) is 4.94. The maximum atomic E-state index is 13.6. The van der Waals surface area contributed by atoms with Crippen LogP contribution in [0.3, 0.4) is 0 Å². The minimum absolute atomic E-state index is 0. The Morgan fingerprint density at radius 3 is 2.67 bits per heavy atom. The highest BCUT2D eigenvalue weighted by Crippen LogP contribution is 2.39. The van der Waals surface area contributed by atoms with Crippen molar-refractivity contribution in [1.29, 1.82) is 0 Å². The minimum atomic E-state index is -4.62. The zero-order valence-corrected chi connectivity index (χ0v) is 17.5. The number of amides is 2. The van der Waals surface area contributed by atoms with Gasteiger partial charge in [-0.3, -0.25) is 5.32 Å². The Kier molecular flexibility index (Phi) is 8.63. The predicted molar refractivity (Wildman–Crippen MR) is 114 cm³/mol. The minimum Gasteiger partial charge on any atom is -0.370 e. The first-order valence-electron chi connectivity index (χ1n) is 10.1. The SMILES string of the molecule is Cc1cc(NCCCCN(C)C)nc(NC(=O)NC2CCC(F)C(C(F)(F)F)C2)n1.[HH].[HH].[HH]. The number of halogens is 4. The highest BCUT2D eigenvalue weighted by Gasteiger charge is 2.48. The van der Waals surface area contributed by atoms with E-state index in [0.717, 1.165) is 19.4 Å². The largest absolute Gasteiger partial charge is 0.394 e. The van der Waals surface area contributed by atoms with Gasteiger partial charge in [0.2, 0.25) is 5.95 Å². The number of urea groups is 1. The van der Waals surface area contributed by atoms with E-state index in [1.54, 1.807) is 13.0 Å². The van der Waals surface area contributed by atoms with Crippen LogP contribution in [0.1, 0.15) is 42.1 Å². The predicted octanol–water partition coefficient (Wildman–Crippen LogP) is 4.47. The first kappa shape index (κ1) is 24.1. The van der Waals surface area contributed by atoms with Crippen molar-refractivity contribution in [2.24, 2.45) is 5.92 Å². The Morgan fingerprint density at radius 1 is 1.27 bits per heavy atom. The van der Waals surface area contributed by atoms with Gasteiger partial charge in [0.25, 0.3) is 0 Å². The van der Waals surface area contributed by atoms with Crippen LogP contribution in [-0.2, 0) is 0 Å². The maximum Gasteiger partial charge on any atom is 0.394 e. The molecular weight excluding hydrogens is 404 g/mol. The average molecular weight is 441 g/mol. The molecule has 3 unspecified atom stereocenters. The van der Waals surface area contributed by atoms with Crippen LogP contribution >= 0.6 is 0 Å². The zero-order chi connectivity index (χ0) is 22.3. The highest BCUT2D eigenvalue weighted by atomic mass is 19.4. The van der Waals surface area contributed by atoms with Crippen LogP contribution in [0.15, 0.2) is 6.07 Å². The molecule has 1 aliphatic carbocycles. The molecule has 2 rings (SSSR count). The molecule has 7 nitrogen and oxygen atoms in total. The molecule has 0 saturated heterocycles. The van der Waals surface area contributed by atoms with E-state index in [1.165, 1.54) is 0 Å². The fourth-order valence-electron chi connectivity index (χ4n) is 3.41. The van der Waals surface area contributed by atoms with Gasteiger partial charge in [-0.05, 0) is 59.7 Å². The molecule has 1 saturated carbocycles. The summed E-state index contributed by atoms with van der Waals surface area (Å²) >= 11 is 0. The number of alkyl halides is 4. The van der Waals surface area contributed by atoms with E-state index in [0.29, 0.717) is 18.1 Å². The summed E-state index contributed by atoms with van der Waals surface area (Å²) in [6.07, 6.45) is -5.15. The van der Waals surface area contributed by atoms with Crippen molar-refractivity contribution in [2.75, 3.05) is 37.8 Å². The lowest BCUT2D eigenvalue weighted by molar-refractivity contribution is -0.199. The number of unbranched alkanes of at least 4 members (excludes halogenated alkanes) is 1. The number of carbonyl (C=O) groups excluding carboxylic acids is 1. The van der Waals surface area contributed by atoms with Gasteiger partial charge in [-0.1, -0.05) is 0 Å². The number of anilines is 2. The van der Waals surface area contributed by atoms with E-state index in [4.69, 9.17) is 0 Å². The monoisotopic (exact) mass is 440 g/mol. The summed E-state index contributed by atoms with van der Waals surface area (Å²) < 4.78 is 52.4. The number of nitrogens with zero attached hydrogens (tertiary/aromatic N) is 3. The van der Waals surface area contributed by atoms with E-state index in [-0.39, 0.29) is 23.1 Å². The summed E-state index contributed by atoms with van der Waals surface area (Å²) in [6.45, 7) is 3.44. The van der Waals surface area contributed by atoms with Gasteiger partial charge < -0.3 is 15.5 Å². The van der Waals surface area contributed by atoms with Crippen LogP contribution in [-0.4, -0.2) is 66.5 Å². The maximum absolute atomic E-state index is 13.6. The topological polar surface area (TPSA) is 82.2 Å². The molecule has 2 amide bonds. The number of aromatic nitrogens is 2. The van der Waals surface area contributed by atoms with E-state index >= 15 is 0 Å². The Labute approximate surface area is 178 Å². The van der Waals surface area contributed by atoms with Crippen LogP contribution in [0.2, 0.25) is 0 Å². The highest BCUT2D eigenvalue weighted by molar-refractivity contribution is 5.87. The average Bonchev–Trinajstić information content (AvgIpc) is 2.61. The molecule has 3 atom stereocenters. The summed E-state index contributed by atoms with van der Waals surface area (Å²) in [5.74, 6) is -1.46. The standard InChI is InChI=1S/C19H30F4N6O.3H2/c1-12-10-16(24-8-4-5-9-29(2)3)27-17(25-12)28-18(30)26-13-6-7-15(20)14(11-13)19(21,22)23;;;/h10,13-15H,4-9,11H2,1-3H3,(H3,24,25,26,27,28,30);3*1H. The van der Waals surface area contributed by atoms with Gasteiger partial charge in [0.15, 0.2) is 0 Å². The first-order valence-corrected chi connectivity index (χ1v) is 10.1. The molecule has 0 radical (unpaired) electrons. The van der Waals surface area contributed by atoms with Crippen molar-refractivity contribution >= 4 is 17.8 Å². The van der Waals surface area contributed by atoms with Crippen LogP contribution in [0, 0.1) is 12.8 Å². The second kappa shape index (κ2) is 10.7. The summed E-state index contributed by atoms with van der Waals surface area (Å²) in [6, 6.07) is 0.273. The van der Waals surface area contributed by atoms with Crippen molar-refractivity contribution in [3.63, 3.8) is 0 Å². The first-order chi connectivity index (χ1) is 14.0. The summed E-state index contributed by atoms with van der Waals surface area (Å²) in [5.41, 5.74) is 0.631. The molecule has 0 bridgehead atoms. The third-order valence-corrected chi connectivity index (χ3v) is 4.94. The molecule has 0 aliphatic heterocycles. The number of hydrogen-bond acceptors (Lipinski definition) is 5. The van der Waals surface area contributed by atoms with Crippen LogP contribution < -0.4 is 16.0 Å². The lowest BCUT2D eigenvalue weighted by Crippen LogP contribution is -2.47. The van der Waals surface area contributed by atoms with Crippen molar-refractivity contribution in [1.82, 2.24) is 20.2 Å². The van der Waals surface area contributed by atoms with Crippen molar-refractivity contribution in [2.45, 2.75) is 57.4 Å². The quantitative estimate of drug-likeness (QED) is 0.411. The molecule has 0 spiro atoms. The molecule has 11 heteroatoms. The van der Waals surface area contributed by atoms with Gasteiger partial charge in [0.1, 0.15) is 12.0 Å². The number of rotatable bonds is 8. The van der Waals surface area contributed by atoms with Crippen molar-refractivity contribution in [3.8, 4) is 0 Å². The van der Waals surface area contributed by atoms with Gasteiger partial charge in [-0.25, -0.2) is 14.2 Å². The van der Waals surface area contributed by atoms with Gasteiger partial charge in [-0.2, -0.15) is 18.2 Å². The summed E-state index contributed by atoms with van der Waals surface area (Å²) in [7, 11) is 4.02. The lowest BCUT2D eigenvalue weighted by atomic mass is 9.84. The number of nitrogens with one attached hydrogen (secondary N) is 3. The second-order valence-corrected chi connectivity index (χ2v) is 7.93.